The van der Waals surface area contributed by atoms with E-state index in [1.54, 1.807) is 20.0 Å². The maximum Gasteiger partial charge on any atom is 0.245 e. The second-order valence-corrected chi connectivity index (χ2v) is 5.07. The summed E-state index contributed by atoms with van der Waals surface area (Å²) in [5.74, 6) is 0.656. The minimum atomic E-state index is -0.290. The molecule has 0 aliphatic heterocycles. The number of hydrogen-bond donors (Lipinski definition) is 2. The molecule has 1 aromatic rings. The molecule has 7 heteroatoms. The van der Waals surface area contributed by atoms with Crippen molar-refractivity contribution in [2.24, 2.45) is 5.73 Å². The van der Waals surface area contributed by atoms with Crippen LogP contribution in [0.25, 0.3) is 0 Å². The lowest BCUT2D eigenvalue weighted by molar-refractivity contribution is -0.133. The molecular formula is C14H24N4O3. The molecule has 0 spiro atoms. The van der Waals surface area contributed by atoms with Gasteiger partial charge < -0.3 is 20.5 Å². The number of carbonyl (C=O) groups excluding carboxylic acids is 2. The first-order chi connectivity index (χ1) is 10.0. The smallest absolute Gasteiger partial charge is 0.245 e. The highest BCUT2D eigenvalue weighted by atomic mass is 16.5. The molecule has 0 radical (unpaired) electrons. The van der Waals surface area contributed by atoms with Crippen molar-refractivity contribution in [2.45, 2.75) is 39.0 Å². The molecular weight excluding hydrogens is 272 g/mol. The predicted octanol–water partition coefficient (Wildman–Crippen LogP) is 1.29. The Bertz CT molecular complexity index is 459. The molecule has 0 fully saturated rings. The molecule has 1 aromatic heterocycles. The van der Waals surface area contributed by atoms with Gasteiger partial charge in [-0.1, -0.05) is 18.0 Å². The van der Waals surface area contributed by atoms with E-state index >= 15 is 0 Å². The third-order valence-corrected chi connectivity index (χ3v) is 3.05. The van der Waals surface area contributed by atoms with Gasteiger partial charge in [0.15, 0.2) is 5.82 Å². The van der Waals surface area contributed by atoms with Crippen LogP contribution in [0.1, 0.15) is 37.9 Å². The Labute approximate surface area is 124 Å². The molecule has 21 heavy (non-hydrogen) atoms. The van der Waals surface area contributed by atoms with Crippen molar-refractivity contribution >= 4 is 17.6 Å². The van der Waals surface area contributed by atoms with Crippen molar-refractivity contribution in [1.29, 1.82) is 0 Å². The van der Waals surface area contributed by atoms with Crippen LogP contribution in [0.2, 0.25) is 0 Å². The van der Waals surface area contributed by atoms with Crippen LogP contribution < -0.4 is 11.1 Å². The molecule has 0 aromatic carbocycles. The monoisotopic (exact) mass is 296 g/mol. The lowest BCUT2D eigenvalue weighted by Gasteiger charge is -2.16. The van der Waals surface area contributed by atoms with E-state index in [-0.39, 0.29) is 18.4 Å². The zero-order valence-corrected chi connectivity index (χ0v) is 12.7. The van der Waals surface area contributed by atoms with Crippen LogP contribution in [0.4, 0.5) is 5.82 Å². The maximum absolute atomic E-state index is 11.9. The minimum Gasteiger partial charge on any atom is -0.360 e. The van der Waals surface area contributed by atoms with E-state index in [4.69, 9.17) is 10.3 Å². The van der Waals surface area contributed by atoms with Crippen molar-refractivity contribution in [3.63, 3.8) is 0 Å². The summed E-state index contributed by atoms with van der Waals surface area (Å²) in [6.07, 6.45) is 4.30. The fourth-order valence-electron chi connectivity index (χ4n) is 1.88. The maximum atomic E-state index is 11.9. The number of carbonyl (C=O) groups is 2. The molecule has 0 bridgehead atoms. The molecule has 0 saturated heterocycles. The highest BCUT2D eigenvalue weighted by Crippen LogP contribution is 2.07. The lowest BCUT2D eigenvalue weighted by Crippen LogP contribution is -2.34. The Morgan fingerprint density at radius 3 is 2.67 bits per heavy atom. The van der Waals surface area contributed by atoms with Gasteiger partial charge >= 0.3 is 0 Å². The number of hydrogen-bond acceptors (Lipinski definition) is 5. The number of nitrogens with one attached hydrogen (secondary N) is 1. The number of aromatic nitrogens is 1. The molecule has 0 saturated carbocycles. The van der Waals surface area contributed by atoms with Crippen LogP contribution in [-0.4, -0.2) is 42.0 Å². The van der Waals surface area contributed by atoms with Crippen LogP contribution in [0.5, 0.6) is 0 Å². The quantitative estimate of drug-likeness (QED) is 0.669. The number of anilines is 1. The summed E-state index contributed by atoms with van der Waals surface area (Å²) in [5, 5.41) is 6.25. The van der Waals surface area contributed by atoms with E-state index in [9.17, 15) is 9.59 Å². The van der Waals surface area contributed by atoms with E-state index in [1.165, 1.54) is 4.90 Å². The molecule has 0 aliphatic rings. The Hall–Kier alpha value is -1.89. The number of amides is 2. The van der Waals surface area contributed by atoms with Crippen molar-refractivity contribution in [3.8, 4) is 0 Å². The van der Waals surface area contributed by atoms with Gasteiger partial charge in [-0.25, -0.2) is 0 Å². The van der Waals surface area contributed by atoms with Gasteiger partial charge in [-0.05, 0) is 26.3 Å². The lowest BCUT2D eigenvalue weighted by atomic mass is 10.1. The van der Waals surface area contributed by atoms with Gasteiger partial charge in [-0.3, -0.25) is 9.59 Å². The van der Waals surface area contributed by atoms with Crippen molar-refractivity contribution < 1.29 is 14.1 Å². The fourth-order valence-corrected chi connectivity index (χ4v) is 1.88. The van der Waals surface area contributed by atoms with Crippen molar-refractivity contribution in [1.82, 2.24) is 10.1 Å². The van der Waals surface area contributed by atoms with Crippen molar-refractivity contribution in [3.05, 3.63) is 11.8 Å². The molecule has 3 N–H and O–H groups in total. The summed E-state index contributed by atoms with van der Waals surface area (Å²) in [6.45, 7) is 2.44. The van der Waals surface area contributed by atoms with Crippen LogP contribution in [0.15, 0.2) is 10.6 Å². The molecule has 0 unspecified atom stereocenters. The summed E-state index contributed by atoms with van der Waals surface area (Å²) in [6, 6.07) is 1.62. The number of rotatable bonds is 9. The Morgan fingerprint density at radius 1 is 1.33 bits per heavy atom. The SMILES string of the molecule is Cc1cc(NC(=O)CN(C)C(=O)CCCCCCN)no1. The van der Waals surface area contributed by atoms with Gasteiger partial charge in [-0.15, -0.1) is 0 Å². The number of unbranched alkanes of at least 4 members (excludes halogenated alkanes) is 3. The summed E-state index contributed by atoms with van der Waals surface area (Å²) >= 11 is 0. The van der Waals surface area contributed by atoms with Gasteiger partial charge in [0.05, 0.1) is 6.54 Å². The molecule has 0 atom stereocenters. The number of nitrogens with zero attached hydrogens (tertiary/aromatic N) is 2. The van der Waals surface area contributed by atoms with Crippen LogP contribution in [-0.2, 0) is 9.59 Å². The standard InChI is InChI=1S/C14H24N4O3/c1-11-9-12(17-21-11)16-13(19)10-18(2)14(20)7-5-3-4-6-8-15/h9H,3-8,10,15H2,1-2H3,(H,16,17,19). The Balaban J connectivity index is 2.23. The summed E-state index contributed by atoms with van der Waals surface area (Å²) in [7, 11) is 1.62. The van der Waals surface area contributed by atoms with Crippen LogP contribution in [0, 0.1) is 6.92 Å². The number of likely N-dealkylation sites (N-methyl/N-ethyl adjacent to an activating group) is 1. The summed E-state index contributed by atoms with van der Waals surface area (Å²) < 4.78 is 4.85. The van der Waals surface area contributed by atoms with Crippen LogP contribution in [0.3, 0.4) is 0 Å². The molecule has 0 aliphatic carbocycles. The van der Waals surface area contributed by atoms with Crippen molar-refractivity contribution in [2.75, 3.05) is 25.5 Å². The first-order valence-corrected chi connectivity index (χ1v) is 7.20. The van der Waals surface area contributed by atoms with E-state index in [2.05, 4.69) is 10.5 Å². The molecule has 1 heterocycles. The topological polar surface area (TPSA) is 101 Å². The van der Waals surface area contributed by atoms with E-state index < -0.39 is 0 Å². The predicted molar refractivity (Wildman–Crippen MR) is 79.6 cm³/mol. The van der Waals surface area contributed by atoms with Gasteiger partial charge in [0, 0.05) is 19.5 Å². The van der Waals surface area contributed by atoms with Gasteiger partial charge in [0.25, 0.3) is 0 Å². The van der Waals surface area contributed by atoms with E-state index in [0.29, 0.717) is 24.5 Å². The number of aryl methyl sites for hydroxylation is 1. The Morgan fingerprint density at radius 2 is 2.05 bits per heavy atom. The normalized spacial score (nSPS) is 10.4. The molecule has 2 amide bonds. The highest BCUT2D eigenvalue weighted by Gasteiger charge is 2.13. The van der Waals surface area contributed by atoms with E-state index in [1.807, 2.05) is 0 Å². The highest BCUT2D eigenvalue weighted by molar-refractivity contribution is 5.93. The van der Waals surface area contributed by atoms with Crippen LogP contribution >= 0.6 is 0 Å². The second-order valence-electron chi connectivity index (χ2n) is 5.07. The summed E-state index contributed by atoms with van der Waals surface area (Å²) in [4.78, 5) is 25.0. The van der Waals surface area contributed by atoms with Gasteiger partial charge in [0.2, 0.25) is 11.8 Å². The fraction of sp³-hybridized carbons (Fsp3) is 0.643. The second kappa shape index (κ2) is 9.12. The third-order valence-electron chi connectivity index (χ3n) is 3.05. The minimum absolute atomic E-state index is 0.00748. The van der Waals surface area contributed by atoms with E-state index in [0.717, 1.165) is 25.7 Å². The molecule has 118 valence electrons. The zero-order valence-electron chi connectivity index (χ0n) is 12.7. The van der Waals surface area contributed by atoms with Gasteiger partial charge in [-0.2, -0.15) is 0 Å². The summed E-state index contributed by atoms with van der Waals surface area (Å²) in [5.41, 5.74) is 5.41. The average molecular weight is 296 g/mol. The zero-order chi connectivity index (χ0) is 15.7. The molecule has 1 rings (SSSR count). The Kier molecular flexibility index (Phi) is 7.45. The largest absolute Gasteiger partial charge is 0.360 e. The average Bonchev–Trinajstić information content (AvgIpc) is 2.83. The first kappa shape index (κ1) is 17.2. The molecule has 7 nitrogen and oxygen atoms in total. The number of nitrogens with two attached hydrogens (primary N) is 1. The first-order valence-electron chi connectivity index (χ1n) is 7.20. The van der Waals surface area contributed by atoms with Gasteiger partial charge in [0.1, 0.15) is 5.76 Å². The third kappa shape index (κ3) is 6.89.